The number of aromatic nitrogens is 4. The van der Waals surface area contributed by atoms with Crippen LogP contribution >= 0.6 is 0 Å². The van der Waals surface area contributed by atoms with E-state index < -0.39 is 35.5 Å². The van der Waals surface area contributed by atoms with Crippen LogP contribution in [0, 0.1) is 0 Å². The number of nitrogens with zero attached hydrogens (tertiary/aromatic N) is 4. The summed E-state index contributed by atoms with van der Waals surface area (Å²) in [5.41, 5.74) is 8.98. The molecule has 7 rings (SSSR count). The standard InChI is InChI=1S/C33H30FN5O3/c1-32(2)41-28-24(25(34)27(29(28)42-32)39-20-38-26-30(35)36-19-37-31(26)39)18-40-33(21-12-6-3-7-13-21,22-14-8-4-9-15-22)23-16-10-5-11-17-23/h3-17,19-20,27-29H,18H2,1-2H3,(H2,35,36,37)/t27-,28-,29+/m1/s1. The molecule has 3 atom stereocenters. The number of imidazole rings is 1. The molecule has 2 aromatic heterocycles. The van der Waals surface area contributed by atoms with Crippen LogP contribution in [-0.4, -0.2) is 44.1 Å². The molecule has 212 valence electrons. The van der Waals surface area contributed by atoms with Gasteiger partial charge in [0.25, 0.3) is 0 Å². The van der Waals surface area contributed by atoms with Crippen molar-refractivity contribution in [2.24, 2.45) is 0 Å². The van der Waals surface area contributed by atoms with Gasteiger partial charge in [0, 0.05) is 5.57 Å². The Balaban J connectivity index is 1.36. The number of benzene rings is 3. The van der Waals surface area contributed by atoms with Gasteiger partial charge < -0.3 is 24.5 Å². The van der Waals surface area contributed by atoms with Crippen molar-refractivity contribution in [2.45, 2.75) is 43.5 Å². The van der Waals surface area contributed by atoms with Crippen molar-refractivity contribution < 1.29 is 18.6 Å². The van der Waals surface area contributed by atoms with Crippen LogP contribution in [0.5, 0.6) is 0 Å². The number of hydrogen-bond acceptors (Lipinski definition) is 7. The van der Waals surface area contributed by atoms with E-state index in [9.17, 15) is 0 Å². The van der Waals surface area contributed by atoms with Gasteiger partial charge in [-0.05, 0) is 30.5 Å². The van der Waals surface area contributed by atoms with Gasteiger partial charge in [0.1, 0.15) is 41.5 Å². The zero-order chi connectivity index (χ0) is 28.9. The molecule has 42 heavy (non-hydrogen) atoms. The minimum absolute atomic E-state index is 0.0502. The smallest absolute Gasteiger partial charge is 0.166 e. The molecule has 1 aliphatic carbocycles. The number of nitrogens with two attached hydrogens (primary N) is 1. The fraction of sp³-hybridized carbons (Fsp3) is 0.242. The van der Waals surface area contributed by atoms with Crippen molar-refractivity contribution in [1.29, 1.82) is 0 Å². The monoisotopic (exact) mass is 563 g/mol. The second-order valence-electron chi connectivity index (χ2n) is 11.0. The maximum atomic E-state index is 16.7. The number of rotatable bonds is 7. The minimum atomic E-state index is -1.02. The summed E-state index contributed by atoms with van der Waals surface area (Å²) < 4.78 is 38.0. The first-order valence-electron chi connectivity index (χ1n) is 13.9. The van der Waals surface area contributed by atoms with Crippen LogP contribution in [0.2, 0.25) is 0 Å². The number of fused-ring (bicyclic) bond motifs is 2. The Hall–Kier alpha value is -4.44. The van der Waals surface area contributed by atoms with E-state index in [2.05, 4.69) is 15.0 Å². The summed E-state index contributed by atoms with van der Waals surface area (Å²) in [6, 6.07) is 29.1. The first kappa shape index (κ1) is 26.5. The van der Waals surface area contributed by atoms with Gasteiger partial charge in [0.05, 0.1) is 12.9 Å². The quantitative estimate of drug-likeness (QED) is 0.253. The molecule has 0 amide bonds. The molecule has 1 fully saturated rings. The highest BCUT2D eigenvalue weighted by atomic mass is 19.1. The zero-order valence-electron chi connectivity index (χ0n) is 23.2. The average molecular weight is 564 g/mol. The zero-order valence-corrected chi connectivity index (χ0v) is 23.2. The van der Waals surface area contributed by atoms with Crippen LogP contribution in [0.3, 0.4) is 0 Å². The SMILES string of the molecule is CC1(C)O[C@@H]2[C@H](O1)C(COC(c1ccccc1)(c1ccccc1)c1ccccc1)=C(F)[C@H]2n1cnc2c(N)ncnc21. The summed E-state index contributed by atoms with van der Waals surface area (Å²) in [5.74, 6) is -1.11. The van der Waals surface area contributed by atoms with E-state index in [1.54, 1.807) is 4.57 Å². The molecule has 5 aromatic rings. The summed E-state index contributed by atoms with van der Waals surface area (Å²) in [7, 11) is 0. The Morgan fingerprint density at radius 1 is 0.857 bits per heavy atom. The fourth-order valence-corrected chi connectivity index (χ4v) is 6.22. The summed E-state index contributed by atoms with van der Waals surface area (Å²) in [6.07, 6.45) is 1.53. The molecule has 2 aliphatic rings. The lowest BCUT2D eigenvalue weighted by molar-refractivity contribution is -0.150. The van der Waals surface area contributed by atoms with Crippen LogP contribution in [-0.2, 0) is 19.8 Å². The molecular formula is C33H30FN5O3. The van der Waals surface area contributed by atoms with E-state index >= 15 is 4.39 Å². The Labute approximate surface area is 242 Å². The molecule has 2 N–H and O–H groups in total. The predicted molar refractivity (Wildman–Crippen MR) is 156 cm³/mol. The van der Waals surface area contributed by atoms with Crippen LogP contribution in [0.1, 0.15) is 36.6 Å². The topological polar surface area (TPSA) is 97.3 Å². The molecular weight excluding hydrogens is 533 g/mol. The normalized spacial score (nSPS) is 21.6. The van der Waals surface area contributed by atoms with Crippen molar-refractivity contribution in [1.82, 2.24) is 19.5 Å². The average Bonchev–Trinajstić information content (AvgIpc) is 3.64. The maximum absolute atomic E-state index is 16.7. The van der Waals surface area contributed by atoms with Gasteiger partial charge in [-0.1, -0.05) is 91.0 Å². The molecule has 1 saturated heterocycles. The lowest BCUT2D eigenvalue weighted by Gasteiger charge is -2.36. The van der Waals surface area contributed by atoms with Crippen LogP contribution < -0.4 is 5.73 Å². The molecule has 0 radical (unpaired) electrons. The third-order valence-electron chi connectivity index (χ3n) is 8.02. The lowest BCUT2D eigenvalue weighted by atomic mass is 9.80. The molecule has 0 bridgehead atoms. The largest absolute Gasteiger partial charge is 0.382 e. The van der Waals surface area contributed by atoms with Crippen molar-refractivity contribution in [3.05, 3.63) is 132 Å². The highest BCUT2D eigenvalue weighted by Crippen LogP contribution is 2.50. The summed E-state index contributed by atoms with van der Waals surface area (Å²) in [4.78, 5) is 12.7. The van der Waals surface area contributed by atoms with E-state index in [0.717, 1.165) is 16.7 Å². The molecule has 1 aliphatic heterocycles. The molecule has 9 heteroatoms. The Morgan fingerprint density at radius 2 is 1.43 bits per heavy atom. The van der Waals surface area contributed by atoms with E-state index in [1.807, 2.05) is 105 Å². The Bertz CT molecular complexity index is 1660. The number of hydrogen-bond donors (Lipinski definition) is 1. The molecule has 0 spiro atoms. The fourth-order valence-electron chi connectivity index (χ4n) is 6.22. The van der Waals surface area contributed by atoms with Crippen LogP contribution in [0.15, 0.2) is 115 Å². The molecule has 0 saturated carbocycles. The van der Waals surface area contributed by atoms with E-state index in [0.29, 0.717) is 16.7 Å². The second kappa shape index (κ2) is 10.1. The Morgan fingerprint density at radius 3 is 2.00 bits per heavy atom. The van der Waals surface area contributed by atoms with Crippen molar-refractivity contribution in [3.63, 3.8) is 0 Å². The van der Waals surface area contributed by atoms with Gasteiger partial charge in [-0.3, -0.25) is 0 Å². The van der Waals surface area contributed by atoms with Crippen molar-refractivity contribution in [3.8, 4) is 0 Å². The van der Waals surface area contributed by atoms with Gasteiger partial charge in [0.15, 0.2) is 17.3 Å². The summed E-state index contributed by atoms with van der Waals surface area (Å²) in [6.45, 7) is 3.60. The van der Waals surface area contributed by atoms with Crippen LogP contribution in [0.4, 0.5) is 10.2 Å². The molecule has 0 unspecified atom stereocenters. The van der Waals surface area contributed by atoms with Gasteiger partial charge in [-0.2, -0.15) is 0 Å². The number of nitrogen functional groups attached to an aromatic ring is 1. The first-order valence-corrected chi connectivity index (χ1v) is 13.9. The van der Waals surface area contributed by atoms with Crippen molar-refractivity contribution in [2.75, 3.05) is 12.3 Å². The van der Waals surface area contributed by atoms with Gasteiger partial charge in [0.2, 0.25) is 0 Å². The van der Waals surface area contributed by atoms with E-state index in [1.165, 1.54) is 12.7 Å². The first-order chi connectivity index (χ1) is 20.4. The molecule has 3 aromatic carbocycles. The predicted octanol–water partition coefficient (Wildman–Crippen LogP) is 5.72. The maximum Gasteiger partial charge on any atom is 0.166 e. The second-order valence-corrected chi connectivity index (χ2v) is 11.0. The van der Waals surface area contributed by atoms with Gasteiger partial charge in [-0.25, -0.2) is 19.3 Å². The minimum Gasteiger partial charge on any atom is -0.382 e. The highest BCUT2D eigenvalue weighted by Gasteiger charge is 2.55. The van der Waals surface area contributed by atoms with Gasteiger partial charge >= 0.3 is 0 Å². The van der Waals surface area contributed by atoms with Crippen LogP contribution in [0.25, 0.3) is 11.2 Å². The number of anilines is 1. The highest BCUT2D eigenvalue weighted by molar-refractivity contribution is 5.81. The molecule has 3 heterocycles. The van der Waals surface area contributed by atoms with Gasteiger partial charge in [-0.15, -0.1) is 0 Å². The molecule has 8 nitrogen and oxygen atoms in total. The third-order valence-corrected chi connectivity index (χ3v) is 8.02. The summed E-state index contributed by atoms with van der Waals surface area (Å²) in [5, 5.41) is 0. The third kappa shape index (κ3) is 4.20. The summed E-state index contributed by atoms with van der Waals surface area (Å²) >= 11 is 0. The van der Waals surface area contributed by atoms with Crippen molar-refractivity contribution >= 4 is 17.0 Å². The van der Waals surface area contributed by atoms with E-state index in [-0.39, 0.29) is 12.4 Å². The number of halogens is 1. The Kier molecular flexibility index (Phi) is 6.38. The van der Waals surface area contributed by atoms with E-state index in [4.69, 9.17) is 19.9 Å². The number of ether oxygens (including phenoxy) is 3. The lowest BCUT2D eigenvalue weighted by Crippen LogP contribution is -2.35.